The number of urea groups is 1. The highest BCUT2D eigenvalue weighted by Crippen LogP contribution is 1.94. The Kier molecular flexibility index (Phi) is 6.18. The first kappa shape index (κ1) is 13.3. The van der Waals surface area contributed by atoms with E-state index in [4.69, 9.17) is 0 Å². The Morgan fingerprint density at radius 3 is 2.81 bits per heavy atom. The SMILES string of the molecule is CN(C)CCCCNCCN1CCNC1=O. The van der Waals surface area contributed by atoms with Gasteiger partial charge in [-0.3, -0.25) is 0 Å². The predicted octanol–water partition coefficient (Wildman–Crippen LogP) is -0.0570. The Morgan fingerprint density at radius 2 is 2.19 bits per heavy atom. The number of hydrogen-bond acceptors (Lipinski definition) is 3. The van der Waals surface area contributed by atoms with Gasteiger partial charge in [-0.2, -0.15) is 0 Å². The predicted molar refractivity (Wildman–Crippen MR) is 65.6 cm³/mol. The second-order valence-electron chi connectivity index (χ2n) is 4.48. The van der Waals surface area contributed by atoms with Crippen molar-refractivity contribution in [2.45, 2.75) is 12.8 Å². The first-order valence-electron chi connectivity index (χ1n) is 6.08. The van der Waals surface area contributed by atoms with Gasteiger partial charge >= 0.3 is 6.03 Å². The van der Waals surface area contributed by atoms with Crippen molar-refractivity contribution < 1.29 is 4.79 Å². The molecule has 0 aromatic heterocycles. The van der Waals surface area contributed by atoms with E-state index in [9.17, 15) is 4.79 Å². The highest BCUT2D eigenvalue weighted by Gasteiger charge is 2.17. The highest BCUT2D eigenvalue weighted by atomic mass is 16.2. The van der Waals surface area contributed by atoms with Crippen LogP contribution in [0.5, 0.6) is 0 Å². The van der Waals surface area contributed by atoms with Crippen molar-refractivity contribution in [3.63, 3.8) is 0 Å². The van der Waals surface area contributed by atoms with Crippen LogP contribution >= 0.6 is 0 Å². The van der Waals surface area contributed by atoms with Crippen molar-refractivity contribution in [3.8, 4) is 0 Å². The van der Waals surface area contributed by atoms with Gasteiger partial charge in [0.25, 0.3) is 0 Å². The van der Waals surface area contributed by atoms with Crippen LogP contribution in [0.15, 0.2) is 0 Å². The summed E-state index contributed by atoms with van der Waals surface area (Å²) in [5, 5.41) is 6.16. The minimum absolute atomic E-state index is 0.0782. The molecule has 1 saturated heterocycles. The molecule has 1 fully saturated rings. The summed E-state index contributed by atoms with van der Waals surface area (Å²) in [5.74, 6) is 0. The van der Waals surface area contributed by atoms with E-state index in [0.29, 0.717) is 0 Å². The molecule has 1 rings (SSSR count). The first-order valence-corrected chi connectivity index (χ1v) is 6.08. The van der Waals surface area contributed by atoms with E-state index in [-0.39, 0.29) is 6.03 Å². The average Bonchev–Trinajstić information content (AvgIpc) is 2.62. The molecule has 1 heterocycles. The fourth-order valence-electron chi connectivity index (χ4n) is 1.74. The molecule has 0 aromatic carbocycles. The van der Waals surface area contributed by atoms with Crippen molar-refractivity contribution in [2.75, 3.05) is 53.4 Å². The Morgan fingerprint density at radius 1 is 1.38 bits per heavy atom. The molecular formula is C11H24N4O. The maximum atomic E-state index is 11.2. The molecule has 0 saturated carbocycles. The smallest absolute Gasteiger partial charge is 0.317 e. The monoisotopic (exact) mass is 228 g/mol. The van der Waals surface area contributed by atoms with Gasteiger partial charge in [-0.1, -0.05) is 0 Å². The lowest BCUT2D eigenvalue weighted by Gasteiger charge is -2.14. The zero-order valence-corrected chi connectivity index (χ0v) is 10.5. The number of carbonyl (C=O) groups is 1. The molecule has 0 aliphatic carbocycles. The van der Waals surface area contributed by atoms with E-state index in [2.05, 4.69) is 29.6 Å². The van der Waals surface area contributed by atoms with Crippen LogP contribution in [0.25, 0.3) is 0 Å². The molecule has 0 atom stereocenters. The van der Waals surface area contributed by atoms with Crippen LogP contribution in [0.1, 0.15) is 12.8 Å². The summed E-state index contributed by atoms with van der Waals surface area (Å²) in [4.78, 5) is 15.3. The standard InChI is InChI=1S/C11H24N4O/c1-14(2)8-4-3-5-12-6-9-15-10-7-13-11(15)16/h12H,3-10H2,1-2H3,(H,13,16). The van der Waals surface area contributed by atoms with E-state index in [1.54, 1.807) is 0 Å². The van der Waals surface area contributed by atoms with Gasteiger partial charge in [0.2, 0.25) is 0 Å². The summed E-state index contributed by atoms with van der Waals surface area (Å²) < 4.78 is 0. The van der Waals surface area contributed by atoms with Gasteiger partial charge in [0.1, 0.15) is 0 Å². The van der Waals surface area contributed by atoms with Gasteiger partial charge in [0.15, 0.2) is 0 Å². The van der Waals surface area contributed by atoms with Crippen molar-refractivity contribution in [1.29, 1.82) is 0 Å². The van der Waals surface area contributed by atoms with Crippen LogP contribution in [0, 0.1) is 0 Å². The molecule has 0 aromatic rings. The van der Waals surface area contributed by atoms with Crippen LogP contribution < -0.4 is 10.6 Å². The molecule has 0 bridgehead atoms. The molecule has 16 heavy (non-hydrogen) atoms. The molecule has 1 aliphatic rings. The number of nitrogens with one attached hydrogen (secondary N) is 2. The fraction of sp³-hybridized carbons (Fsp3) is 0.909. The number of carbonyl (C=O) groups excluding carboxylic acids is 1. The van der Waals surface area contributed by atoms with Gasteiger partial charge in [-0.05, 0) is 40.0 Å². The van der Waals surface area contributed by atoms with Gasteiger partial charge in [0.05, 0.1) is 0 Å². The topological polar surface area (TPSA) is 47.6 Å². The Balaban J connectivity index is 1.86. The maximum absolute atomic E-state index is 11.2. The second kappa shape index (κ2) is 7.46. The third-order valence-electron chi connectivity index (χ3n) is 2.71. The highest BCUT2D eigenvalue weighted by molar-refractivity contribution is 5.76. The fourth-order valence-corrected chi connectivity index (χ4v) is 1.74. The van der Waals surface area contributed by atoms with Crippen molar-refractivity contribution >= 4 is 6.03 Å². The van der Waals surface area contributed by atoms with Gasteiger partial charge in [-0.15, -0.1) is 0 Å². The minimum atomic E-state index is 0.0782. The van der Waals surface area contributed by atoms with E-state index in [1.165, 1.54) is 12.8 Å². The van der Waals surface area contributed by atoms with Crippen LogP contribution in [-0.2, 0) is 0 Å². The van der Waals surface area contributed by atoms with Crippen LogP contribution in [0.3, 0.4) is 0 Å². The normalized spacial score (nSPS) is 15.9. The van der Waals surface area contributed by atoms with Crippen molar-refractivity contribution in [1.82, 2.24) is 20.4 Å². The Hall–Kier alpha value is -0.810. The lowest BCUT2D eigenvalue weighted by Crippen LogP contribution is -2.35. The molecule has 0 spiro atoms. The zero-order valence-electron chi connectivity index (χ0n) is 10.5. The average molecular weight is 228 g/mol. The molecule has 2 amide bonds. The zero-order chi connectivity index (χ0) is 11.8. The molecule has 1 aliphatic heterocycles. The minimum Gasteiger partial charge on any atom is -0.336 e. The summed E-state index contributed by atoms with van der Waals surface area (Å²) in [6.45, 7) is 5.55. The summed E-state index contributed by atoms with van der Waals surface area (Å²) in [7, 11) is 4.19. The maximum Gasteiger partial charge on any atom is 0.317 e. The van der Waals surface area contributed by atoms with Gasteiger partial charge < -0.3 is 20.4 Å². The van der Waals surface area contributed by atoms with Crippen molar-refractivity contribution in [2.24, 2.45) is 0 Å². The van der Waals surface area contributed by atoms with Crippen LogP contribution in [-0.4, -0.2) is 69.2 Å². The largest absolute Gasteiger partial charge is 0.336 e. The molecular weight excluding hydrogens is 204 g/mol. The number of nitrogens with zero attached hydrogens (tertiary/aromatic N) is 2. The van der Waals surface area contributed by atoms with E-state index in [1.807, 2.05) is 4.90 Å². The Bertz CT molecular complexity index is 208. The lowest BCUT2D eigenvalue weighted by molar-refractivity contribution is 0.217. The number of amides is 2. The number of rotatable bonds is 8. The van der Waals surface area contributed by atoms with E-state index in [0.717, 1.165) is 39.3 Å². The lowest BCUT2D eigenvalue weighted by atomic mass is 10.3. The summed E-state index contributed by atoms with van der Waals surface area (Å²) >= 11 is 0. The first-order chi connectivity index (χ1) is 7.70. The number of hydrogen-bond donors (Lipinski definition) is 2. The van der Waals surface area contributed by atoms with E-state index >= 15 is 0 Å². The number of unbranched alkanes of at least 4 members (excludes halogenated alkanes) is 1. The molecule has 5 nitrogen and oxygen atoms in total. The molecule has 0 radical (unpaired) electrons. The second-order valence-corrected chi connectivity index (χ2v) is 4.48. The molecule has 94 valence electrons. The third kappa shape index (κ3) is 5.32. The third-order valence-corrected chi connectivity index (χ3v) is 2.71. The van der Waals surface area contributed by atoms with Gasteiger partial charge in [0, 0.05) is 26.2 Å². The molecule has 2 N–H and O–H groups in total. The van der Waals surface area contributed by atoms with Gasteiger partial charge in [-0.25, -0.2) is 4.79 Å². The quantitative estimate of drug-likeness (QED) is 0.572. The van der Waals surface area contributed by atoms with Crippen molar-refractivity contribution in [3.05, 3.63) is 0 Å². The molecule has 0 unspecified atom stereocenters. The van der Waals surface area contributed by atoms with Crippen LogP contribution in [0.4, 0.5) is 4.79 Å². The summed E-state index contributed by atoms with van der Waals surface area (Å²) in [6.07, 6.45) is 2.43. The summed E-state index contributed by atoms with van der Waals surface area (Å²) in [6, 6.07) is 0.0782. The molecule has 5 heteroatoms. The Labute approximate surface area is 98.2 Å². The van der Waals surface area contributed by atoms with Crippen LogP contribution in [0.2, 0.25) is 0 Å². The summed E-state index contributed by atoms with van der Waals surface area (Å²) in [5.41, 5.74) is 0. The van der Waals surface area contributed by atoms with E-state index < -0.39 is 0 Å².